The molecule has 9 heteroatoms. The predicted octanol–water partition coefficient (Wildman–Crippen LogP) is 2.86. The molecule has 0 aliphatic carbocycles. The Morgan fingerprint density at radius 3 is 3.00 bits per heavy atom. The number of hydrogen-bond donors (Lipinski definition) is 2. The molecule has 2 N–H and O–H groups in total. The zero-order chi connectivity index (χ0) is 20.6. The Balaban J connectivity index is 1.36. The number of hydrogen-bond acceptors (Lipinski definition) is 7. The smallest absolute Gasteiger partial charge is 0.233 e. The molecule has 0 bridgehead atoms. The number of H-pyrrole nitrogens is 1. The van der Waals surface area contributed by atoms with E-state index in [0.29, 0.717) is 11.6 Å². The number of nitrogens with one attached hydrogen (secondary N) is 2. The van der Waals surface area contributed by atoms with Gasteiger partial charge in [0.05, 0.1) is 17.9 Å². The number of benzene rings is 1. The van der Waals surface area contributed by atoms with E-state index in [4.69, 9.17) is 4.74 Å². The molecule has 154 valence electrons. The molecule has 4 aromatic heterocycles. The van der Waals surface area contributed by atoms with Gasteiger partial charge in [0.15, 0.2) is 5.65 Å². The third kappa shape index (κ3) is 3.38. The number of aromatic amines is 1. The maximum Gasteiger partial charge on any atom is 0.233 e. The van der Waals surface area contributed by atoms with Crippen LogP contribution in [0.2, 0.25) is 0 Å². The van der Waals surface area contributed by atoms with Crippen LogP contribution in [0.5, 0.6) is 5.88 Å². The lowest BCUT2D eigenvalue weighted by molar-refractivity contribution is 0.160. The Kier molecular flexibility index (Phi) is 4.31. The van der Waals surface area contributed by atoms with Crippen LogP contribution in [-0.4, -0.2) is 54.0 Å². The molecule has 9 nitrogen and oxygen atoms in total. The Labute approximate surface area is 177 Å². The molecule has 1 aliphatic rings. The zero-order valence-corrected chi connectivity index (χ0v) is 16.7. The molecule has 0 radical (unpaired) electrons. The van der Waals surface area contributed by atoms with Crippen LogP contribution in [0.1, 0.15) is 12.8 Å². The molecule has 0 unspecified atom stereocenters. The summed E-state index contributed by atoms with van der Waals surface area (Å²) in [5.74, 6) is 0.525. The average Bonchev–Trinajstić information content (AvgIpc) is 3.46. The molecule has 5 heterocycles. The average molecular weight is 412 g/mol. The maximum absolute atomic E-state index is 6.04. The highest BCUT2D eigenvalue weighted by atomic mass is 16.5. The van der Waals surface area contributed by atoms with Crippen molar-refractivity contribution in [3.63, 3.8) is 0 Å². The van der Waals surface area contributed by atoms with Crippen LogP contribution in [0.4, 0.5) is 0 Å². The quantitative estimate of drug-likeness (QED) is 0.467. The highest BCUT2D eigenvalue weighted by Crippen LogP contribution is 2.30. The van der Waals surface area contributed by atoms with Crippen LogP contribution in [-0.2, 0) is 0 Å². The third-order valence-electron chi connectivity index (χ3n) is 5.58. The predicted molar refractivity (Wildman–Crippen MR) is 116 cm³/mol. The van der Waals surface area contributed by atoms with Crippen molar-refractivity contribution in [2.45, 2.75) is 18.9 Å². The topological polar surface area (TPSA) is 106 Å². The lowest BCUT2D eigenvalue weighted by atomic mass is 10.0. The number of ether oxygens (including phenoxy) is 1. The van der Waals surface area contributed by atoms with Crippen molar-refractivity contribution >= 4 is 16.6 Å². The fourth-order valence-electron chi connectivity index (χ4n) is 4.00. The van der Waals surface area contributed by atoms with Crippen molar-refractivity contribution < 1.29 is 4.74 Å². The molecule has 31 heavy (non-hydrogen) atoms. The van der Waals surface area contributed by atoms with Crippen molar-refractivity contribution in [3.8, 4) is 28.4 Å². The Morgan fingerprint density at radius 1 is 1.10 bits per heavy atom. The van der Waals surface area contributed by atoms with Crippen molar-refractivity contribution in [3.05, 3.63) is 55.2 Å². The Hall–Kier alpha value is -3.85. The monoisotopic (exact) mass is 412 g/mol. The minimum absolute atomic E-state index is 0.119. The molecule has 0 amide bonds. The van der Waals surface area contributed by atoms with E-state index >= 15 is 0 Å². The van der Waals surface area contributed by atoms with Gasteiger partial charge in [-0.2, -0.15) is 5.10 Å². The van der Waals surface area contributed by atoms with Gasteiger partial charge in [-0.25, -0.2) is 4.98 Å². The molecule has 0 spiro atoms. The van der Waals surface area contributed by atoms with Crippen LogP contribution in [0.3, 0.4) is 0 Å². The first kappa shape index (κ1) is 18.0. The fourth-order valence-corrected chi connectivity index (χ4v) is 4.00. The third-order valence-corrected chi connectivity index (χ3v) is 5.58. The van der Waals surface area contributed by atoms with Gasteiger partial charge in [-0.1, -0.05) is 6.07 Å². The largest absolute Gasteiger partial charge is 0.472 e. The van der Waals surface area contributed by atoms with E-state index < -0.39 is 0 Å². The lowest BCUT2D eigenvalue weighted by Crippen LogP contribution is -2.37. The molecular formula is C22H20N8O. The summed E-state index contributed by atoms with van der Waals surface area (Å²) in [4.78, 5) is 9.02. The molecule has 1 aliphatic heterocycles. The summed E-state index contributed by atoms with van der Waals surface area (Å²) in [6, 6.07) is 10.2. The molecule has 1 atom stereocenters. The number of pyridine rings is 1. The number of nitrogens with zero attached hydrogens (tertiary/aromatic N) is 6. The van der Waals surface area contributed by atoms with Crippen molar-refractivity contribution in [1.29, 1.82) is 0 Å². The zero-order valence-electron chi connectivity index (χ0n) is 16.7. The number of rotatable bonds is 4. The van der Waals surface area contributed by atoms with Gasteiger partial charge in [0.1, 0.15) is 23.8 Å². The molecule has 0 saturated carbocycles. The SMILES string of the molecule is c1cc2[nH]nc(-c3cncc(O[C@@H]4CCCNC4)n3)c2cc1-c1ccc2nncn2c1. The second-order valence-corrected chi connectivity index (χ2v) is 7.68. The van der Waals surface area contributed by atoms with Crippen molar-refractivity contribution in [2.24, 2.45) is 0 Å². The van der Waals surface area contributed by atoms with E-state index in [0.717, 1.165) is 59.3 Å². The first-order valence-electron chi connectivity index (χ1n) is 10.3. The van der Waals surface area contributed by atoms with E-state index in [-0.39, 0.29) is 6.10 Å². The summed E-state index contributed by atoms with van der Waals surface area (Å²) in [6.45, 7) is 1.87. The van der Waals surface area contributed by atoms with Gasteiger partial charge >= 0.3 is 0 Å². The summed E-state index contributed by atoms with van der Waals surface area (Å²) in [7, 11) is 0. The molecule has 6 rings (SSSR count). The first-order valence-corrected chi connectivity index (χ1v) is 10.3. The Bertz CT molecular complexity index is 1370. The fraction of sp³-hybridized carbons (Fsp3) is 0.227. The van der Waals surface area contributed by atoms with Gasteiger partial charge in [0.25, 0.3) is 0 Å². The number of fused-ring (bicyclic) bond motifs is 2. The Morgan fingerprint density at radius 2 is 2.06 bits per heavy atom. The highest BCUT2D eigenvalue weighted by Gasteiger charge is 2.17. The van der Waals surface area contributed by atoms with Gasteiger partial charge in [-0.15, -0.1) is 10.2 Å². The van der Waals surface area contributed by atoms with E-state index in [1.807, 2.05) is 28.8 Å². The van der Waals surface area contributed by atoms with E-state index in [1.54, 1.807) is 18.7 Å². The molecule has 1 aromatic carbocycles. The summed E-state index contributed by atoms with van der Waals surface area (Å²) < 4.78 is 7.95. The van der Waals surface area contributed by atoms with Crippen molar-refractivity contribution in [1.82, 2.24) is 40.1 Å². The highest BCUT2D eigenvalue weighted by molar-refractivity contribution is 5.94. The maximum atomic E-state index is 6.04. The minimum Gasteiger partial charge on any atom is -0.472 e. The van der Waals surface area contributed by atoms with Crippen LogP contribution in [0, 0.1) is 0 Å². The summed E-state index contributed by atoms with van der Waals surface area (Å²) >= 11 is 0. The molecule has 5 aromatic rings. The second-order valence-electron chi connectivity index (χ2n) is 7.68. The van der Waals surface area contributed by atoms with E-state index in [2.05, 4.69) is 47.8 Å². The molecular weight excluding hydrogens is 392 g/mol. The van der Waals surface area contributed by atoms with Crippen LogP contribution in [0.25, 0.3) is 39.1 Å². The van der Waals surface area contributed by atoms with Crippen LogP contribution >= 0.6 is 0 Å². The summed E-state index contributed by atoms with van der Waals surface area (Å²) in [5, 5.41) is 20.0. The molecule has 1 fully saturated rings. The van der Waals surface area contributed by atoms with Gasteiger partial charge < -0.3 is 10.1 Å². The molecule has 1 saturated heterocycles. The van der Waals surface area contributed by atoms with Gasteiger partial charge in [-0.3, -0.25) is 14.5 Å². The van der Waals surface area contributed by atoms with E-state index in [9.17, 15) is 0 Å². The summed E-state index contributed by atoms with van der Waals surface area (Å²) in [5.41, 5.74) is 5.32. The second kappa shape index (κ2) is 7.44. The van der Waals surface area contributed by atoms with Crippen LogP contribution < -0.4 is 10.1 Å². The van der Waals surface area contributed by atoms with Gasteiger partial charge in [-0.05, 0) is 54.8 Å². The standard InChI is InChI=1S/C22H20N8O/c1-2-16(9-23-7-1)31-21-11-24-10-19(26-21)22-17-8-14(3-5-18(17)27-29-22)15-4-6-20-28-25-13-30(20)12-15/h3-6,8,10-13,16,23H,1-2,7,9H2,(H,27,29)/t16-/m1/s1. The van der Waals surface area contributed by atoms with E-state index in [1.165, 1.54) is 0 Å². The summed E-state index contributed by atoms with van der Waals surface area (Å²) in [6.07, 6.45) is 9.33. The minimum atomic E-state index is 0.119. The lowest BCUT2D eigenvalue weighted by Gasteiger charge is -2.23. The number of piperidine rings is 1. The first-order chi connectivity index (χ1) is 15.3. The van der Waals surface area contributed by atoms with Crippen molar-refractivity contribution in [2.75, 3.05) is 13.1 Å². The number of aromatic nitrogens is 7. The van der Waals surface area contributed by atoms with Gasteiger partial charge in [0, 0.05) is 18.1 Å². The van der Waals surface area contributed by atoms with Gasteiger partial charge in [0.2, 0.25) is 5.88 Å². The normalized spacial score (nSPS) is 16.7. The van der Waals surface area contributed by atoms with Crippen LogP contribution in [0.15, 0.2) is 55.2 Å².